The molecule has 0 aliphatic carbocycles. The Bertz CT molecular complexity index is 568. The summed E-state index contributed by atoms with van der Waals surface area (Å²) in [4.78, 5) is 46.1. The van der Waals surface area contributed by atoms with E-state index in [1.165, 1.54) is 13.8 Å². The van der Waals surface area contributed by atoms with Crippen LogP contribution < -0.4 is 5.69 Å². The molecule has 0 aromatic carbocycles. The fourth-order valence-electron chi connectivity index (χ4n) is 1.65. The molecular weight excluding hydrogens is 292 g/mol. The average Bonchev–Trinajstić information content (AvgIpc) is 2.50. The van der Waals surface area contributed by atoms with E-state index in [-0.39, 0.29) is 16.7 Å². The third-order valence-electron chi connectivity index (χ3n) is 2.24. The second kappa shape index (κ2) is 4.79. The Balaban J connectivity index is 3.85. The Morgan fingerprint density at radius 2 is 1.53 bits per heavy atom. The molecule has 7 heteroatoms. The lowest BCUT2D eigenvalue weighted by Crippen LogP contribution is -2.31. The minimum atomic E-state index is -0.801. The number of hydrogen-bond donors (Lipinski definition) is 0. The van der Waals surface area contributed by atoms with Crippen LogP contribution in [0, 0.1) is 0 Å². The van der Waals surface area contributed by atoms with Gasteiger partial charge in [0.15, 0.2) is 5.78 Å². The normalized spacial score (nSPS) is 10.4. The lowest BCUT2D eigenvalue weighted by molar-refractivity contribution is 0.0901. The molecule has 0 unspecified atom stereocenters. The summed E-state index contributed by atoms with van der Waals surface area (Å²) in [5, 5.41) is 0.136. The highest BCUT2D eigenvalue weighted by Crippen LogP contribution is 2.13. The number of rotatable bonds is 2. The van der Waals surface area contributed by atoms with Gasteiger partial charge in [0.2, 0.25) is 11.8 Å². The highest BCUT2D eigenvalue weighted by molar-refractivity contribution is 9.08. The predicted octanol–water partition coefficient (Wildman–Crippen LogP) is 1.07. The van der Waals surface area contributed by atoms with Crippen molar-refractivity contribution in [2.45, 2.75) is 26.1 Å². The molecule has 0 N–H and O–H groups in total. The number of hydrogen-bond acceptors (Lipinski definition) is 4. The van der Waals surface area contributed by atoms with Crippen molar-refractivity contribution in [1.29, 1.82) is 0 Å². The van der Waals surface area contributed by atoms with E-state index >= 15 is 0 Å². The van der Waals surface area contributed by atoms with Gasteiger partial charge in [0, 0.05) is 26.1 Å². The standard InChI is InChI=1S/C10H11BrN2O4/c1-5(14)9-8(4-11)12(6(2)15)10(17)13(9)7(3)16/h4H2,1-3H3. The highest BCUT2D eigenvalue weighted by Gasteiger charge is 2.25. The molecule has 0 atom stereocenters. The van der Waals surface area contributed by atoms with E-state index in [0.717, 1.165) is 16.1 Å². The van der Waals surface area contributed by atoms with E-state index in [2.05, 4.69) is 15.9 Å². The minimum Gasteiger partial charge on any atom is -0.293 e. The van der Waals surface area contributed by atoms with Gasteiger partial charge in [-0.3, -0.25) is 14.4 Å². The maximum absolute atomic E-state index is 11.9. The molecule has 17 heavy (non-hydrogen) atoms. The van der Waals surface area contributed by atoms with Gasteiger partial charge in [-0.1, -0.05) is 15.9 Å². The predicted molar refractivity (Wildman–Crippen MR) is 63.9 cm³/mol. The van der Waals surface area contributed by atoms with Crippen molar-refractivity contribution in [3.63, 3.8) is 0 Å². The quantitative estimate of drug-likeness (QED) is 0.605. The van der Waals surface area contributed by atoms with E-state index in [1.54, 1.807) is 0 Å². The summed E-state index contributed by atoms with van der Waals surface area (Å²) in [6, 6.07) is 0. The summed E-state index contributed by atoms with van der Waals surface area (Å²) < 4.78 is 1.55. The Labute approximate surface area is 105 Å². The lowest BCUT2D eigenvalue weighted by atomic mass is 10.2. The molecular formula is C10H11BrN2O4. The van der Waals surface area contributed by atoms with Gasteiger partial charge in [0.25, 0.3) is 0 Å². The number of imidazole rings is 1. The Morgan fingerprint density at radius 3 is 1.82 bits per heavy atom. The first-order valence-corrected chi connectivity index (χ1v) is 5.90. The molecule has 0 fully saturated rings. The molecule has 1 rings (SSSR count). The fourth-order valence-corrected chi connectivity index (χ4v) is 2.16. The number of halogens is 1. The summed E-state index contributed by atoms with van der Waals surface area (Å²) in [6.45, 7) is 3.60. The van der Waals surface area contributed by atoms with Gasteiger partial charge < -0.3 is 0 Å². The molecule has 0 saturated carbocycles. The van der Waals surface area contributed by atoms with Crippen LogP contribution in [0.3, 0.4) is 0 Å². The van der Waals surface area contributed by atoms with Crippen molar-refractivity contribution >= 4 is 33.5 Å². The number of alkyl halides is 1. The topological polar surface area (TPSA) is 78.1 Å². The van der Waals surface area contributed by atoms with Crippen molar-refractivity contribution < 1.29 is 14.4 Å². The van der Waals surface area contributed by atoms with Gasteiger partial charge in [0.05, 0.1) is 5.69 Å². The smallest absolute Gasteiger partial charge is 0.293 e. The van der Waals surface area contributed by atoms with Crippen LogP contribution in [0.2, 0.25) is 0 Å². The Hall–Kier alpha value is -1.50. The van der Waals surface area contributed by atoms with Gasteiger partial charge in [-0.2, -0.15) is 0 Å². The minimum absolute atomic E-state index is 0.0467. The number of ketones is 1. The molecule has 0 spiro atoms. The number of carbonyl (C=O) groups excluding carboxylic acids is 3. The summed E-state index contributed by atoms with van der Waals surface area (Å²) in [7, 11) is 0. The van der Waals surface area contributed by atoms with Gasteiger partial charge in [0.1, 0.15) is 5.69 Å². The van der Waals surface area contributed by atoms with Gasteiger partial charge in [-0.15, -0.1) is 0 Å². The van der Waals surface area contributed by atoms with Crippen LogP contribution in [-0.2, 0) is 5.33 Å². The highest BCUT2D eigenvalue weighted by atomic mass is 79.9. The first-order chi connectivity index (χ1) is 7.82. The first-order valence-electron chi connectivity index (χ1n) is 4.78. The van der Waals surface area contributed by atoms with Crippen LogP contribution in [0.25, 0.3) is 0 Å². The van der Waals surface area contributed by atoms with Crippen LogP contribution in [0.4, 0.5) is 0 Å². The second-order valence-electron chi connectivity index (χ2n) is 3.48. The van der Waals surface area contributed by atoms with E-state index in [9.17, 15) is 19.2 Å². The molecule has 0 radical (unpaired) electrons. The third kappa shape index (κ3) is 2.14. The fraction of sp³-hybridized carbons (Fsp3) is 0.400. The van der Waals surface area contributed by atoms with Crippen LogP contribution in [-0.4, -0.2) is 26.7 Å². The van der Waals surface area contributed by atoms with E-state index in [4.69, 9.17) is 0 Å². The molecule has 1 aromatic rings. The van der Waals surface area contributed by atoms with Gasteiger partial charge in [-0.05, 0) is 0 Å². The summed E-state index contributed by atoms with van der Waals surface area (Å²) in [5.74, 6) is -1.57. The van der Waals surface area contributed by atoms with E-state index < -0.39 is 23.3 Å². The van der Waals surface area contributed by atoms with Gasteiger partial charge in [-0.25, -0.2) is 13.9 Å². The monoisotopic (exact) mass is 302 g/mol. The molecule has 0 saturated heterocycles. The Kier molecular flexibility index (Phi) is 3.82. The van der Waals surface area contributed by atoms with Crippen LogP contribution in [0.1, 0.15) is 46.5 Å². The zero-order chi connectivity index (χ0) is 13.3. The SMILES string of the molecule is CC(=O)c1c(CBr)n(C(C)=O)c(=O)n1C(C)=O. The molecule has 1 heterocycles. The zero-order valence-corrected chi connectivity index (χ0v) is 11.2. The van der Waals surface area contributed by atoms with Gasteiger partial charge >= 0.3 is 5.69 Å². The molecule has 1 aromatic heterocycles. The van der Waals surface area contributed by atoms with Crippen LogP contribution in [0.5, 0.6) is 0 Å². The third-order valence-corrected chi connectivity index (χ3v) is 2.77. The van der Waals surface area contributed by atoms with Crippen molar-refractivity contribution in [3.05, 3.63) is 21.9 Å². The number of carbonyl (C=O) groups is 3. The van der Waals surface area contributed by atoms with Crippen molar-refractivity contribution in [2.75, 3.05) is 0 Å². The largest absolute Gasteiger partial charge is 0.342 e. The summed E-state index contributed by atoms with van der Waals surface area (Å²) in [6.07, 6.45) is 0. The summed E-state index contributed by atoms with van der Waals surface area (Å²) in [5.41, 5.74) is -0.649. The van der Waals surface area contributed by atoms with E-state index in [1.807, 2.05) is 0 Å². The average molecular weight is 303 g/mol. The first kappa shape index (κ1) is 13.6. The molecule has 0 aliphatic rings. The van der Waals surface area contributed by atoms with Crippen molar-refractivity contribution in [2.24, 2.45) is 0 Å². The number of nitrogens with zero attached hydrogens (tertiary/aromatic N) is 2. The molecule has 92 valence electrons. The molecule has 0 aliphatic heterocycles. The van der Waals surface area contributed by atoms with Crippen molar-refractivity contribution in [3.8, 4) is 0 Å². The number of Topliss-reactive ketones (excluding diaryl/α,β-unsaturated/α-hetero) is 1. The maximum Gasteiger partial charge on any atom is 0.342 e. The molecule has 6 nitrogen and oxygen atoms in total. The number of aromatic nitrogens is 2. The molecule has 0 bridgehead atoms. The second-order valence-corrected chi connectivity index (χ2v) is 4.04. The van der Waals surface area contributed by atoms with Crippen molar-refractivity contribution in [1.82, 2.24) is 9.13 Å². The molecule has 0 amide bonds. The lowest BCUT2D eigenvalue weighted by Gasteiger charge is -2.01. The Morgan fingerprint density at radius 1 is 1.06 bits per heavy atom. The maximum atomic E-state index is 11.9. The van der Waals surface area contributed by atoms with Crippen LogP contribution in [0.15, 0.2) is 4.79 Å². The summed E-state index contributed by atoms with van der Waals surface area (Å²) >= 11 is 3.10. The zero-order valence-electron chi connectivity index (χ0n) is 9.61. The van der Waals surface area contributed by atoms with Crippen LogP contribution >= 0.6 is 15.9 Å². The van der Waals surface area contributed by atoms with E-state index in [0.29, 0.717) is 0 Å².